The molecule has 3 aliphatic rings. The van der Waals surface area contributed by atoms with Crippen molar-refractivity contribution in [2.75, 3.05) is 26.4 Å². The fourth-order valence-corrected chi connectivity index (χ4v) is 7.46. The van der Waals surface area contributed by atoms with Crippen LogP contribution in [0.25, 0.3) is 0 Å². The van der Waals surface area contributed by atoms with Gasteiger partial charge in [-0.25, -0.2) is 8.42 Å². The molecule has 0 aromatic heterocycles. The standard InChI is InChI=1S/C28H43N5O5S/c1-17(29-5)25(34)31-24(28(2,3)4)27(36)32-15-14-22-23(32)20(16-33(22)39(6,37)38)26(35)30-21-13-9-11-18-10-7-8-12-19(18)21/h7-8,10,12,17,20-24,29H,9,11,13-16H2,1-6H3,(H,30,35)(H,31,34)/t17-,20-,21?,22+,23+,24+/m0/s1. The van der Waals surface area contributed by atoms with Gasteiger partial charge in [0.1, 0.15) is 6.04 Å². The molecule has 39 heavy (non-hydrogen) atoms. The summed E-state index contributed by atoms with van der Waals surface area (Å²) in [5.74, 6) is -1.53. The van der Waals surface area contributed by atoms with Crippen LogP contribution >= 0.6 is 0 Å². The number of nitrogens with zero attached hydrogens (tertiary/aromatic N) is 2. The highest BCUT2D eigenvalue weighted by atomic mass is 32.2. The van der Waals surface area contributed by atoms with Gasteiger partial charge in [-0.2, -0.15) is 4.31 Å². The van der Waals surface area contributed by atoms with Crippen molar-refractivity contribution < 1.29 is 22.8 Å². The summed E-state index contributed by atoms with van der Waals surface area (Å²) < 4.78 is 26.9. The molecule has 1 aromatic rings. The number of hydrogen-bond donors (Lipinski definition) is 3. The largest absolute Gasteiger partial charge is 0.349 e. The molecule has 0 bridgehead atoms. The quantitative estimate of drug-likeness (QED) is 0.459. The zero-order valence-corrected chi connectivity index (χ0v) is 24.7. The van der Waals surface area contributed by atoms with Crippen LogP contribution in [0, 0.1) is 11.3 Å². The van der Waals surface area contributed by atoms with Gasteiger partial charge in [-0.05, 0) is 56.2 Å². The zero-order chi connectivity index (χ0) is 28.7. The summed E-state index contributed by atoms with van der Waals surface area (Å²) in [4.78, 5) is 42.3. The van der Waals surface area contributed by atoms with Crippen molar-refractivity contribution in [1.82, 2.24) is 25.2 Å². The SMILES string of the molecule is CN[C@@H](C)C(=O)N[C@H](C(=O)N1CC[C@@H]2[C@H]1[C@@H](C(=O)NC1CCCc3ccccc31)CN2S(C)(=O)=O)C(C)(C)C. The number of likely N-dealkylation sites (tertiary alicyclic amines) is 1. The highest BCUT2D eigenvalue weighted by molar-refractivity contribution is 7.88. The molecule has 216 valence electrons. The second-order valence-electron chi connectivity index (χ2n) is 12.3. The van der Waals surface area contributed by atoms with E-state index in [4.69, 9.17) is 0 Å². The highest BCUT2D eigenvalue weighted by Crippen LogP contribution is 2.39. The lowest BCUT2D eigenvalue weighted by Crippen LogP contribution is -2.59. The second kappa shape index (κ2) is 11.2. The molecule has 3 N–H and O–H groups in total. The average Bonchev–Trinajstić information content (AvgIpc) is 3.46. The Morgan fingerprint density at radius 2 is 1.79 bits per heavy atom. The molecule has 10 nitrogen and oxygen atoms in total. The van der Waals surface area contributed by atoms with Gasteiger partial charge in [0, 0.05) is 19.1 Å². The smallest absolute Gasteiger partial charge is 0.246 e. The van der Waals surface area contributed by atoms with E-state index in [1.807, 2.05) is 39.0 Å². The van der Waals surface area contributed by atoms with Crippen molar-refractivity contribution >= 4 is 27.7 Å². The third-order valence-corrected chi connectivity index (χ3v) is 9.81. The molecule has 2 heterocycles. The Labute approximate surface area is 232 Å². The van der Waals surface area contributed by atoms with Gasteiger partial charge in [0.2, 0.25) is 27.7 Å². The lowest BCUT2D eigenvalue weighted by atomic mass is 9.84. The first-order chi connectivity index (χ1) is 18.2. The Morgan fingerprint density at radius 1 is 1.10 bits per heavy atom. The maximum atomic E-state index is 14.1. The summed E-state index contributed by atoms with van der Waals surface area (Å²) in [5.41, 5.74) is 1.71. The maximum Gasteiger partial charge on any atom is 0.246 e. The fraction of sp³-hybridized carbons (Fsp3) is 0.679. The molecule has 0 spiro atoms. The fourth-order valence-electron chi connectivity index (χ4n) is 6.31. The molecule has 2 aliphatic heterocycles. The molecule has 3 amide bonds. The number of nitrogens with one attached hydrogen (secondary N) is 3. The minimum atomic E-state index is -3.60. The van der Waals surface area contributed by atoms with Gasteiger partial charge >= 0.3 is 0 Å². The van der Waals surface area contributed by atoms with Crippen LogP contribution in [-0.2, 0) is 30.8 Å². The molecule has 4 rings (SSSR count). The minimum Gasteiger partial charge on any atom is -0.349 e. The predicted molar refractivity (Wildman–Crippen MR) is 149 cm³/mol. The average molecular weight is 562 g/mol. The van der Waals surface area contributed by atoms with E-state index in [1.165, 1.54) is 9.87 Å². The summed E-state index contributed by atoms with van der Waals surface area (Å²) in [6.45, 7) is 7.72. The number of carbonyl (C=O) groups excluding carboxylic acids is 3. The van der Waals surface area contributed by atoms with Crippen LogP contribution in [0.4, 0.5) is 0 Å². The van der Waals surface area contributed by atoms with Gasteiger partial charge in [0.15, 0.2) is 0 Å². The maximum absolute atomic E-state index is 14.1. The molecule has 1 aliphatic carbocycles. The number of rotatable bonds is 7. The number of hydrogen-bond acceptors (Lipinski definition) is 6. The molecule has 2 fully saturated rings. The van der Waals surface area contributed by atoms with E-state index >= 15 is 0 Å². The van der Waals surface area contributed by atoms with E-state index in [0.717, 1.165) is 31.1 Å². The number of carbonyl (C=O) groups is 3. The lowest BCUT2D eigenvalue weighted by molar-refractivity contribution is -0.142. The van der Waals surface area contributed by atoms with Crippen molar-refractivity contribution in [1.29, 1.82) is 0 Å². The number of aryl methyl sites for hydroxylation is 1. The van der Waals surface area contributed by atoms with E-state index in [1.54, 1.807) is 18.9 Å². The monoisotopic (exact) mass is 561 g/mol. The van der Waals surface area contributed by atoms with E-state index in [2.05, 4.69) is 22.0 Å². The van der Waals surface area contributed by atoms with Gasteiger partial charge < -0.3 is 20.9 Å². The topological polar surface area (TPSA) is 128 Å². The van der Waals surface area contributed by atoms with E-state index < -0.39 is 45.5 Å². The van der Waals surface area contributed by atoms with Crippen LogP contribution in [0.5, 0.6) is 0 Å². The second-order valence-corrected chi connectivity index (χ2v) is 14.2. The summed E-state index contributed by atoms with van der Waals surface area (Å²) in [5, 5.41) is 8.99. The van der Waals surface area contributed by atoms with Crippen LogP contribution in [0.3, 0.4) is 0 Å². The van der Waals surface area contributed by atoms with Gasteiger partial charge in [-0.1, -0.05) is 45.0 Å². The summed E-state index contributed by atoms with van der Waals surface area (Å²) >= 11 is 0. The Morgan fingerprint density at radius 3 is 2.44 bits per heavy atom. The molecule has 1 unspecified atom stereocenters. The Bertz CT molecular complexity index is 1210. The minimum absolute atomic E-state index is 0.0292. The first-order valence-electron chi connectivity index (χ1n) is 13.9. The van der Waals surface area contributed by atoms with Crippen LogP contribution in [0.1, 0.15) is 64.1 Å². The van der Waals surface area contributed by atoms with Gasteiger partial charge in [-0.3, -0.25) is 14.4 Å². The lowest BCUT2D eigenvalue weighted by Gasteiger charge is -2.37. The van der Waals surface area contributed by atoms with E-state index in [-0.39, 0.29) is 30.3 Å². The number of sulfonamides is 1. The normalized spacial score (nSPS) is 26.9. The molecular weight excluding hydrogens is 518 g/mol. The van der Waals surface area contributed by atoms with Crippen molar-refractivity contribution in [3.05, 3.63) is 35.4 Å². The zero-order valence-electron chi connectivity index (χ0n) is 23.9. The molecule has 6 atom stereocenters. The van der Waals surface area contributed by atoms with E-state index in [0.29, 0.717) is 13.0 Å². The summed E-state index contributed by atoms with van der Waals surface area (Å²) in [6.07, 6.45) is 4.33. The molecular formula is C28H43N5O5S. The molecule has 0 saturated carbocycles. The Balaban J connectivity index is 1.62. The van der Waals surface area contributed by atoms with Crippen molar-refractivity contribution in [2.24, 2.45) is 11.3 Å². The van der Waals surface area contributed by atoms with Crippen LogP contribution < -0.4 is 16.0 Å². The summed E-state index contributed by atoms with van der Waals surface area (Å²) in [6, 6.07) is 5.53. The molecule has 11 heteroatoms. The van der Waals surface area contributed by atoms with Gasteiger partial charge in [0.25, 0.3) is 0 Å². The highest BCUT2D eigenvalue weighted by Gasteiger charge is 2.56. The van der Waals surface area contributed by atoms with Crippen molar-refractivity contribution in [3.63, 3.8) is 0 Å². The van der Waals surface area contributed by atoms with Crippen LogP contribution in [0.2, 0.25) is 0 Å². The van der Waals surface area contributed by atoms with E-state index in [9.17, 15) is 22.8 Å². The van der Waals surface area contributed by atoms with Crippen molar-refractivity contribution in [2.45, 2.75) is 83.6 Å². The number of amides is 3. The molecule has 2 saturated heterocycles. The number of likely N-dealkylation sites (N-methyl/N-ethyl adjacent to an activating group) is 1. The first-order valence-corrected chi connectivity index (χ1v) is 15.7. The van der Waals surface area contributed by atoms with Crippen molar-refractivity contribution in [3.8, 4) is 0 Å². The summed E-state index contributed by atoms with van der Waals surface area (Å²) in [7, 11) is -1.92. The molecule has 1 aromatic carbocycles. The van der Waals surface area contributed by atoms with Gasteiger partial charge in [0.05, 0.1) is 30.3 Å². The van der Waals surface area contributed by atoms with Gasteiger partial charge in [-0.15, -0.1) is 0 Å². The first kappa shape index (κ1) is 29.5. The molecule has 0 radical (unpaired) electrons. The Kier molecular flexibility index (Phi) is 8.45. The Hall–Kier alpha value is -2.50. The third kappa shape index (κ3) is 6.00. The number of benzene rings is 1. The number of fused-ring (bicyclic) bond motifs is 2. The van der Waals surface area contributed by atoms with Crippen LogP contribution in [0.15, 0.2) is 24.3 Å². The third-order valence-electron chi connectivity index (χ3n) is 8.54. The van der Waals surface area contributed by atoms with Crippen LogP contribution in [-0.4, -0.2) is 85.9 Å². The predicted octanol–water partition coefficient (Wildman–Crippen LogP) is 1.18.